The number of anilines is 2. The summed E-state index contributed by atoms with van der Waals surface area (Å²) in [6, 6.07) is 8.45. The van der Waals surface area contributed by atoms with Gasteiger partial charge in [0, 0.05) is 41.3 Å². The maximum absolute atomic E-state index is 14.7. The average molecular weight is 493 g/mol. The van der Waals surface area contributed by atoms with Crippen LogP contribution in [0.1, 0.15) is 35.2 Å². The van der Waals surface area contributed by atoms with E-state index in [0.717, 1.165) is 24.8 Å². The Hall–Kier alpha value is -4.05. The van der Waals surface area contributed by atoms with E-state index in [4.69, 9.17) is 10.5 Å². The third-order valence-electron chi connectivity index (χ3n) is 6.51. The summed E-state index contributed by atoms with van der Waals surface area (Å²) in [4.78, 5) is 21.5. The van der Waals surface area contributed by atoms with Gasteiger partial charge < -0.3 is 21.1 Å². The minimum absolute atomic E-state index is 0.0485. The van der Waals surface area contributed by atoms with Crippen molar-refractivity contribution in [3.63, 3.8) is 0 Å². The predicted molar refractivity (Wildman–Crippen MR) is 132 cm³/mol. The first-order chi connectivity index (χ1) is 17.4. The highest BCUT2D eigenvalue weighted by atomic mass is 19.2. The smallest absolute Gasteiger partial charge is 0.251 e. The molecule has 2 aromatic heterocycles. The number of ether oxygens (including phenoxy) is 1. The molecule has 0 aliphatic heterocycles. The number of imidazole rings is 1. The number of aryl methyl sites for hydroxylation is 1. The Labute approximate surface area is 206 Å². The van der Waals surface area contributed by atoms with Crippen molar-refractivity contribution in [1.29, 1.82) is 0 Å². The van der Waals surface area contributed by atoms with Gasteiger partial charge in [0.05, 0.1) is 19.0 Å². The minimum atomic E-state index is -1.06. The Bertz CT molecular complexity index is 1450. The Balaban J connectivity index is 1.40. The molecular weight excluding hydrogens is 466 g/mol. The molecule has 1 amide bonds. The van der Waals surface area contributed by atoms with Crippen molar-refractivity contribution in [2.24, 2.45) is 5.73 Å². The molecule has 0 unspecified atom stereocenters. The predicted octanol–water partition coefficient (Wildman–Crippen LogP) is 4.34. The molecule has 2 atom stereocenters. The summed E-state index contributed by atoms with van der Waals surface area (Å²) < 4.78 is 35.5. The second-order valence-electron chi connectivity index (χ2n) is 8.95. The van der Waals surface area contributed by atoms with Gasteiger partial charge in [-0.05, 0) is 62.1 Å². The summed E-state index contributed by atoms with van der Waals surface area (Å²) in [7, 11) is 1.28. The molecule has 186 valence electrons. The van der Waals surface area contributed by atoms with E-state index in [1.54, 1.807) is 28.9 Å². The highest BCUT2D eigenvalue weighted by Crippen LogP contribution is 2.31. The number of carbonyl (C=O) groups is 1. The molecule has 5 rings (SSSR count). The van der Waals surface area contributed by atoms with Crippen molar-refractivity contribution in [1.82, 2.24) is 19.7 Å². The van der Waals surface area contributed by atoms with Crippen LogP contribution < -0.4 is 21.1 Å². The van der Waals surface area contributed by atoms with Gasteiger partial charge in [0.15, 0.2) is 23.0 Å². The Morgan fingerprint density at radius 3 is 2.72 bits per heavy atom. The van der Waals surface area contributed by atoms with Gasteiger partial charge in [-0.15, -0.1) is 0 Å². The number of fused-ring (bicyclic) bond motifs is 1. The van der Waals surface area contributed by atoms with Crippen LogP contribution in [0.5, 0.6) is 5.75 Å². The Kier molecular flexibility index (Phi) is 6.27. The van der Waals surface area contributed by atoms with Gasteiger partial charge in [-0.1, -0.05) is 0 Å². The van der Waals surface area contributed by atoms with E-state index in [1.165, 1.54) is 25.4 Å². The SMILES string of the molecule is COc1ccc(-c2cnc3c(Nc4ccc(C(=O)N[C@@H]5CC[C@@H](N)C5)c(C)c4)nccn23)c(F)c1F. The van der Waals surface area contributed by atoms with E-state index in [9.17, 15) is 13.6 Å². The molecule has 1 saturated carbocycles. The first-order valence-electron chi connectivity index (χ1n) is 11.6. The number of methoxy groups -OCH3 is 1. The van der Waals surface area contributed by atoms with Crippen LogP contribution in [0, 0.1) is 18.6 Å². The fourth-order valence-electron chi connectivity index (χ4n) is 4.64. The lowest BCUT2D eigenvalue weighted by atomic mass is 10.1. The molecule has 10 heteroatoms. The third-order valence-corrected chi connectivity index (χ3v) is 6.51. The zero-order valence-corrected chi connectivity index (χ0v) is 19.9. The summed E-state index contributed by atoms with van der Waals surface area (Å²) in [6.45, 7) is 1.86. The van der Waals surface area contributed by atoms with Crippen LogP contribution in [0.3, 0.4) is 0 Å². The van der Waals surface area contributed by atoms with Gasteiger partial charge in [-0.3, -0.25) is 9.20 Å². The Morgan fingerprint density at radius 1 is 1.17 bits per heavy atom. The number of nitrogens with zero attached hydrogens (tertiary/aromatic N) is 3. The summed E-state index contributed by atoms with van der Waals surface area (Å²) in [6.07, 6.45) is 7.22. The van der Waals surface area contributed by atoms with Crippen molar-refractivity contribution in [2.45, 2.75) is 38.3 Å². The lowest BCUT2D eigenvalue weighted by Crippen LogP contribution is -2.34. The first kappa shape index (κ1) is 23.7. The summed E-state index contributed by atoms with van der Waals surface area (Å²) in [5.41, 5.74) is 8.89. The molecule has 4 aromatic rings. The zero-order valence-electron chi connectivity index (χ0n) is 19.9. The topological polar surface area (TPSA) is 107 Å². The maximum Gasteiger partial charge on any atom is 0.251 e. The standard InChI is InChI=1S/C26H26F2N6O2/c1-14-11-16(5-6-18(14)26(35)33-17-4-3-15(29)12-17)32-24-25-31-13-20(34(25)10-9-30-24)19-7-8-21(36-2)23(28)22(19)27/h5-11,13,15,17H,3-4,12,29H2,1-2H3,(H,30,32)(H,33,35)/t15-,17-/m1/s1. The number of aromatic nitrogens is 3. The molecule has 1 aliphatic carbocycles. The lowest BCUT2D eigenvalue weighted by molar-refractivity contribution is 0.0937. The summed E-state index contributed by atoms with van der Waals surface area (Å²) in [5, 5.41) is 6.27. The second kappa shape index (κ2) is 9.54. The first-order valence-corrected chi connectivity index (χ1v) is 11.6. The van der Waals surface area contributed by atoms with Crippen LogP contribution in [-0.2, 0) is 0 Å². The number of halogens is 2. The molecule has 2 heterocycles. The van der Waals surface area contributed by atoms with Crippen LogP contribution in [-0.4, -0.2) is 39.5 Å². The molecule has 0 bridgehead atoms. The van der Waals surface area contributed by atoms with E-state index in [1.807, 2.05) is 13.0 Å². The van der Waals surface area contributed by atoms with Gasteiger partial charge >= 0.3 is 0 Å². The molecule has 4 N–H and O–H groups in total. The maximum atomic E-state index is 14.7. The van der Waals surface area contributed by atoms with Gasteiger partial charge in [0.1, 0.15) is 0 Å². The number of rotatable bonds is 6. The quantitative estimate of drug-likeness (QED) is 0.370. The van der Waals surface area contributed by atoms with Crippen molar-refractivity contribution in [3.8, 4) is 17.0 Å². The summed E-state index contributed by atoms with van der Waals surface area (Å²) in [5.74, 6) is -1.95. The molecule has 36 heavy (non-hydrogen) atoms. The molecule has 0 radical (unpaired) electrons. The van der Waals surface area contributed by atoms with Crippen molar-refractivity contribution in [3.05, 3.63) is 71.7 Å². The molecule has 2 aromatic carbocycles. The zero-order chi connectivity index (χ0) is 25.4. The van der Waals surface area contributed by atoms with Gasteiger partial charge in [0.25, 0.3) is 5.91 Å². The Morgan fingerprint density at radius 2 is 2.00 bits per heavy atom. The monoisotopic (exact) mass is 492 g/mol. The van der Waals surface area contributed by atoms with Gasteiger partial charge in [-0.2, -0.15) is 4.39 Å². The van der Waals surface area contributed by atoms with Crippen LogP contribution in [0.25, 0.3) is 16.9 Å². The molecule has 0 saturated heterocycles. The van der Waals surface area contributed by atoms with Crippen molar-refractivity contribution in [2.75, 3.05) is 12.4 Å². The van der Waals surface area contributed by atoms with Crippen LogP contribution in [0.15, 0.2) is 48.9 Å². The number of hydrogen-bond donors (Lipinski definition) is 3. The number of benzene rings is 2. The normalized spacial score (nSPS) is 17.4. The highest BCUT2D eigenvalue weighted by Gasteiger charge is 2.24. The molecule has 8 nitrogen and oxygen atoms in total. The summed E-state index contributed by atoms with van der Waals surface area (Å²) >= 11 is 0. The number of hydrogen-bond acceptors (Lipinski definition) is 6. The van der Waals surface area contributed by atoms with Crippen molar-refractivity contribution < 1.29 is 18.3 Å². The van der Waals surface area contributed by atoms with Crippen molar-refractivity contribution >= 4 is 23.1 Å². The molecule has 1 aliphatic rings. The van der Waals surface area contributed by atoms with E-state index in [2.05, 4.69) is 20.6 Å². The largest absolute Gasteiger partial charge is 0.494 e. The third kappa shape index (κ3) is 4.35. The molecule has 1 fully saturated rings. The number of amides is 1. The van der Waals surface area contributed by atoms with Crippen LogP contribution in [0.2, 0.25) is 0 Å². The van der Waals surface area contributed by atoms with Crippen LogP contribution in [0.4, 0.5) is 20.3 Å². The number of nitrogens with two attached hydrogens (primary N) is 1. The molecule has 0 spiro atoms. The molecular formula is C26H26F2N6O2. The fourth-order valence-corrected chi connectivity index (χ4v) is 4.64. The number of carbonyl (C=O) groups excluding carboxylic acids is 1. The van der Waals surface area contributed by atoms with E-state index in [-0.39, 0.29) is 29.3 Å². The minimum Gasteiger partial charge on any atom is -0.494 e. The average Bonchev–Trinajstić information content (AvgIpc) is 3.47. The van der Waals surface area contributed by atoms with Gasteiger partial charge in [-0.25, -0.2) is 14.4 Å². The van der Waals surface area contributed by atoms with E-state index < -0.39 is 11.6 Å². The fraction of sp³-hybridized carbons (Fsp3) is 0.269. The van der Waals surface area contributed by atoms with E-state index in [0.29, 0.717) is 28.4 Å². The lowest BCUT2D eigenvalue weighted by Gasteiger charge is -2.15. The van der Waals surface area contributed by atoms with E-state index >= 15 is 0 Å². The van der Waals surface area contributed by atoms with Crippen LogP contribution >= 0.6 is 0 Å². The highest BCUT2D eigenvalue weighted by molar-refractivity contribution is 5.96. The van der Waals surface area contributed by atoms with Gasteiger partial charge in [0.2, 0.25) is 5.82 Å². The second-order valence-corrected chi connectivity index (χ2v) is 8.95. The number of nitrogens with one attached hydrogen (secondary N) is 2.